The molecule has 3 rings (SSSR count). The van der Waals surface area contributed by atoms with Gasteiger partial charge in [0.15, 0.2) is 0 Å². The highest BCUT2D eigenvalue weighted by Crippen LogP contribution is 2.43. The molecule has 1 aliphatic heterocycles. The van der Waals surface area contributed by atoms with Gasteiger partial charge < -0.3 is 4.74 Å². The van der Waals surface area contributed by atoms with Gasteiger partial charge in [0.2, 0.25) is 0 Å². The van der Waals surface area contributed by atoms with Crippen LogP contribution in [0.3, 0.4) is 0 Å². The summed E-state index contributed by atoms with van der Waals surface area (Å²) in [6.07, 6.45) is 0.691. The summed E-state index contributed by atoms with van der Waals surface area (Å²) in [6, 6.07) is 4.66. The Morgan fingerprint density at radius 3 is 2.43 bits per heavy atom. The average molecular weight is 378 g/mol. The zero-order valence-corrected chi connectivity index (χ0v) is 12.9. The van der Waals surface area contributed by atoms with E-state index in [9.17, 15) is 13.2 Å². The van der Waals surface area contributed by atoms with Crippen molar-refractivity contribution in [2.24, 2.45) is 0 Å². The Morgan fingerprint density at radius 2 is 1.76 bits per heavy atom. The van der Waals surface area contributed by atoms with Gasteiger partial charge in [-0.25, -0.2) is 13.2 Å². The molecule has 0 aromatic heterocycles. The lowest BCUT2D eigenvalue weighted by Gasteiger charge is -2.16. The normalized spacial score (nSPS) is 14.7. The Labute approximate surface area is 132 Å². The molecule has 0 aliphatic carbocycles. The van der Waals surface area contributed by atoms with Crippen molar-refractivity contribution in [1.82, 2.24) is 0 Å². The fourth-order valence-electron chi connectivity index (χ4n) is 2.44. The van der Waals surface area contributed by atoms with Gasteiger partial charge in [0.25, 0.3) is 0 Å². The van der Waals surface area contributed by atoms with Crippen LogP contribution >= 0.6 is 27.5 Å². The number of benzene rings is 2. The lowest BCUT2D eigenvalue weighted by Crippen LogP contribution is -2.03. The van der Waals surface area contributed by atoms with Crippen LogP contribution in [0.4, 0.5) is 13.2 Å². The molecule has 1 atom stereocenters. The maximum atomic E-state index is 13.9. The Morgan fingerprint density at radius 1 is 1.10 bits per heavy atom. The van der Waals surface area contributed by atoms with Gasteiger partial charge in [0.05, 0.1) is 11.4 Å². The third kappa shape index (κ3) is 2.64. The fraction of sp³-hybridized carbons (Fsp3) is 0.200. The monoisotopic (exact) mass is 376 g/mol. The van der Waals surface area contributed by atoms with E-state index in [1.807, 2.05) is 0 Å². The van der Waals surface area contributed by atoms with Crippen LogP contribution in [0.2, 0.25) is 5.02 Å². The Bertz CT molecular complexity index is 697. The van der Waals surface area contributed by atoms with Gasteiger partial charge in [-0.2, -0.15) is 0 Å². The largest absolute Gasteiger partial charge is 0.493 e. The van der Waals surface area contributed by atoms with Crippen molar-refractivity contribution in [3.8, 4) is 5.75 Å². The molecule has 0 N–H and O–H groups in total. The van der Waals surface area contributed by atoms with Crippen LogP contribution in [0, 0.1) is 17.5 Å². The summed E-state index contributed by atoms with van der Waals surface area (Å²) in [5.74, 6) is -2.30. The number of ether oxygens (including phenoxy) is 1. The van der Waals surface area contributed by atoms with Crippen LogP contribution in [0.15, 0.2) is 24.3 Å². The number of hydrogen-bond acceptors (Lipinski definition) is 1. The van der Waals surface area contributed by atoms with E-state index in [-0.39, 0.29) is 5.56 Å². The Hall–Kier alpha value is -1.20. The molecule has 1 unspecified atom stereocenters. The maximum Gasteiger partial charge on any atom is 0.133 e. The summed E-state index contributed by atoms with van der Waals surface area (Å²) < 4.78 is 46.4. The van der Waals surface area contributed by atoms with E-state index in [2.05, 4.69) is 15.9 Å². The molecule has 0 amide bonds. The second kappa shape index (κ2) is 5.54. The van der Waals surface area contributed by atoms with Gasteiger partial charge in [0, 0.05) is 34.7 Å². The number of halogens is 5. The highest BCUT2D eigenvalue weighted by molar-refractivity contribution is 9.09. The average Bonchev–Trinajstić information content (AvgIpc) is 2.84. The second-order valence-corrected chi connectivity index (χ2v) is 6.08. The zero-order chi connectivity index (χ0) is 15.1. The fourth-order valence-corrected chi connectivity index (χ4v) is 3.46. The van der Waals surface area contributed by atoms with Gasteiger partial charge in [-0.05, 0) is 17.7 Å². The summed E-state index contributed by atoms with van der Waals surface area (Å²) in [5, 5.41) is 0.460. The molecule has 0 fully saturated rings. The van der Waals surface area contributed by atoms with Crippen LogP contribution in [0.25, 0.3) is 0 Å². The number of fused-ring (bicyclic) bond motifs is 1. The number of alkyl halides is 1. The quantitative estimate of drug-likeness (QED) is 0.656. The number of rotatable bonds is 2. The number of hydrogen-bond donors (Lipinski definition) is 0. The van der Waals surface area contributed by atoms with Crippen LogP contribution < -0.4 is 4.74 Å². The SMILES string of the molecule is Fc1cc(F)c(C(Br)c2cc(Cl)cc3c2OCC3)c(F)c1. The molecule has 0 spiro atoms. The topological polar surface area (TPSA) is 9.23 Å². The molecule has 6 heteroatoms. The standard InChI is InChI=1S/C15H9BrClF3O/c16-14(13-11(19)5-9(18)6-12(13)20)10-4-8(17)3-7-1-2-21-15(7)10/h3-6,14H,1-2H2. The van der Waals surface area contributed by atoms with Gasteiger partial charge in [0.1, 0.15) is 23.2 Å². The Balaban J connectivity index is 2.14. The van der Waals surface area contributed by atoms with Crippen molar-refractivity contribution in [3.63, 3.8) is 0 Å². The van der Waals surface area contributed by atoms with Gasteiger partial charge in [-0.1, -0.05) is 27.5 Å². The molecule has 2 aromatic rings. The summed E-state index contributed by atoms with van der Waals surface area (Å²) >= 11 is 9.31. The van der Waals surface area contributed by atoms with E-state index < -0.39 is 22.3 Å². The van der Waals surface area contributed by atoms with Gasteiger partial charge >= 0.3 is 0 Å². The van der Waals surface area contributed by atoms with E-state index in [4.69, 9.17) is 16.3 Å². The van der Waals surface area contributed by atoms with Crippen molar-refractivity contribution in [2.45, 2.75) is 11.2 Å². The molecule has 110 valence electrons. The third-order valence-electron chi connectivity index (χ3n) is 3.35. The van der Waals surface area contributed by atoms with Crippen LogP contribution in [-0.4, -0.2) is 6.61 Å². The minimum Gasteiger partial charge on any atom is -0.493 e. The first kappa shape index (κ1) is 14.7. The summed E-state index contributed by atoms with van der Waals surface area (Å²) in [6.45, 7) is 0.497. The first-order valence-corrected chi connectivity index (χ1v) is 7.50. The Kier molecular flexibility index (Phi) is 3.88. The van der Waals surface area contributed by atoms with Crippen LogP contribution in [0.5, 0.6) is 5.75 Å². The molecular formula is C15H9BrClF3O. The zero-order valence-electron chi connectivity index (χ0n) is 10.6. The molecule has 0 saturated heterocycles. The van der Waals surface area contributed by atoms with Crippen molar-refractivity contribution < 1.29 is 17.9 Å². The highest BCUT2D eigenvalue weighted by atomic mass is 79.9. The van der Waals surface area contributed by atoms with E-state index in [1.54, 1.807) is 12.1 Å². The van der Waals surface area contributed by atoms with E-state index in [1.165, 1.54) is 0 Å². The minimum absolute atomic E-state index is 0.267. The van der Waals surface area contributed by atoms with Crippen molar-refractivity contribution in [2.75, 3.05) is 6.61 Å². The maximum absolute atomic E-state index is 13.9. The van der Waals surface area contributed by atoms with Crippen molar-refractivity contribution in [1.29, 1.82) is 0 Å². The van der Waals surface area contributed by atoms with Crippen LogP contribution in [0.1, 0.15) is 21.5 Å². The molecule has 1 nitrogen and oxygen atoms in total. The lowest BCUT2D eigenvalue weighted by molar-refractivity contribution is 0.353. The highest BCUT2D eigenvalue weighted by Gasteiger charge is 2.27. The molecular weight excluding hydrogens is 369 g/mol. The minimum atomic E-state index is -0.957. The van der Waals surface area contributed by atoms with E-state index >= 15 is 0 Å². The van der Waals surface area contributed by atoms with E-state index in [0.717, 1.165) is 5.56 Å². The predicted molar refractivity (Wildman–Crippen MR) is 77.7 cm³/mol. The third-order valence-corrected chi connectivity index (χ3v) is 4.52. The first-order chi connectivity index (χ1) is 9.97. The molecule has 0 radical (unpaired) electrons. The summed E-state index contributed by atoms with van der Waals surface area (Å²) in [5.41, 5.74) is 1.15. The smallest absolute Gasteiger partial charge is 0.133 e. The molecule has 0 bridgehead atoms. The second-order valence-electron chi connectivity index (χ2n) is 4.73. The molecule has 21 heavy (non-hydrogen) atoms. The summed E-state index contributed by atoms with van der Waals surface area (Å²) in [7, 11) is 0. The molecule has 2 aromatic carbocycles. The van der Waals surface area contributed by atoms with Gasteiger partial charge in [-0.3, -0.25) is 0 Å². The predicted octanol–water partition coefficient (Wildman–Crippen LogP) is 5.18. The van der Waals surface area contributed by atoms with E-state index in [0.29, 0.717) is 41.5 Å². The van der Waals surface area contributed by atoms with Crippen LogP contribution in [-0.2, 0) is 6.42 Å². The first-order valence-electron chi connectivity index (χ1n) is 6.21. The van der Waals surface area contributed by atoms with Crippen molar-refractivity contribution in [3.05, 3.63) is 63.4 Å². The van der Waals surface area contributed by atoms with Crippen molar-refractivity contribution >= 4 is 27.5 Å². The summed E-state index contributed by atoms with van der Waals surface area (Å²) in [4.78, 5) is -0.816. The lowest BCUT2D eigenvalue weighted by atomic mass is 10.00. The molecule has 1 aliphatic rings. The van der Waals surface area contributed by atoms with Gasteiger partial charge in [-0.15, -0.1) is 0 Å². The molecule has 0 saturated carbocycles. The molecule has 1 heterocycles.